The number of amides is 2. The Balaban J connectivity index is 1.34. The number of carbonyl (C=O) groups is 6. The Kier molecular flexibility index (Phi) is 14.1. The van der Waals surface area contributed by atoms with Gasteiger partial charge in [0.2, 0.25) is 17.6 Å². The van der Waals surface area contributed by atoms with Crippen LogP contribution in [-0.4, -0.2) is 68.4 Å². The highest BCUT2D eigenvalue weighted by Gasteiger charge is 2.52. The van der Waals surface area contributed by atoms with Crippen LogP contribution in [0.15, 0.2) is 48.9 Å². The van der Waals surface area contributed by atoms with Gasteiger partial charge in [0.05, 0.1) is 12.2 Å². The molecule has 0 radical (unpaired) electrons. The first-order valence-corrected chi connectivity index (χ1v) is 20.3. The molecule has 1 aromatic carbocycles. The van der Waals surface area contributed by atoms with Crippen LogP contribution < -0.4 is 5.32 Å². The van der Waals surface area contributed by atoms with E-state index in [1.165, 1.54) is 18.6 Å². The number of likely N-dealkylation sites (tertiary alicyclic amines) is 1. The predicted octanol–water partition coefficient (Wildman–Crippen LogP) is 7.11. The number of benzene rings is 1. The third-order valence-electron chi connectivity index (χ3n) is 12.3. The zero-order valence-electron chi connectivity index (χ0n) is 32.9. The molecule has 1 N–H and O–H groups in total. The van der Waals surface area contributed by atoms with Crippen LogP contribution in [-0.2, 0) is 24.0 Å². The average Bonchev–Trinajstić information content (AvgIpc) is 3.77. The van der Waals surface area contributed by atoms with E-state index in [9.17, 15) is 28.8 Å². The number of hydrogen-bond acceptors (Lipinski definition) is 8. The van der Waals surface area contributed by atoms with Crippen molar-refractivity contribution < 1.29 is 28.8 Å². The van der Waals surface area contributed by atoms with Gasteiger partial charge in [0.25, 0.3) is 0 Å². The fourth-order valence-electron chi connectivity index (χ4n) is 9.31. The molecule has 10 nitrogen and oxygen atoms in total. The van der Waals surface area contributed by atoms with Crippen LogP contribution in [0.4, 0.5) is 0 Å². The van der Waals surface area contributed by atoms with Gasteiger partial charge in [0, 0.05) is 50.0 Å². The SMILES string of the molecule is CCC[C@@H](CC(=O)[C@@H]1[C@H]2CCCC2CN1C(=O)[C@@H](NC(=O)[C@H](CC(=O)c1cnccn1)C1CCCCC1)C(C)(C)C)C(=O)C(=O)C[C@H](C)c1ccccc1. The minimum atomic E-state index is -0.939. The van der Waals surface area contributed by atoms with Crippen molar-refractivity contribution in [3.8, 4) is 0 Å². The molecule has 1 saturated heterocycles. The first-order chi connectivity index (χ1) is 25.8. The Bertz CT molecular complexity index is 1630. The number of Topliss-reactive ketones (excluding diaryl/α,β-unsaturated/α-hetero) is 4. The molecule has 2 saturated carbocycles. The van der Waals surface area contributed by atoms with Crippen LogP contribution in [0.5, 0.6) is 0 Å². The lowest BCUT2D eigenvalue weighted by Crippen LogP contribution is -2.58. The summed E-state index contributed by atoms with van der Waals surface area (Å²) in [7, 11) is 0. The molecule has 1 aliphatic heterocycles. The van der Waals surface area contributed by atoms with Crippen molar-refractivity contribution in [1.29, 1.82) is 0 Å². The second kappa shape index (κ2) is 18.5. The number of carbonyl (C=O) groups excluding carboxylic acids is 6. The van der Waals surface area contributed by atoms with Crippen molar-refractivity contribution in [2.75, 3.05) is 6.54 Å². The summed E-state index contributed by atoms with van der Waals surface area (Å²) in [5.41, 5.74) is 0.496. The normalized spacial score (nSPS) is 22.5. The molecule has 3 aliphatic rings. The minimum absolute atomic E-state index is 0.00184. The van der Waals surface area contributed by atoms with Gasteiger partial charge < -0.3 is 10.2 Å². The maximum Gasteiger partial charge on any atom is 0.246 e. The molecule has 0 spiro atoms. The monoisotopic (exact) mass is 740 g/mol. The Hall–Kier alpha value is -4.08. The zero-order chi connectivity index (χ0) is 39.0. The fraction of sp³-hybridized carbons (Fsp3) is 0.636. The van der Waals surface area contributed by atoms with E-state index in [1.54, 1.807) is 4.90 Å². The van der Waals surface area contributed by atoms with Crippen LogP contribution in [0, 0.1) is 35.0 Å². The zero-order valence-corrected chi connectivity index (χ0v) is 32.9. The summed E-state index contributed by atoms with van der Waals surface area (Å²) in [4.78, 5) is 93.8. The Morgan fingerprint density at radius 3 is 2.26 bits per heavy atom. The highest BCUT2D eigenvalue weighted by molar-refractivity contribution is 6.38. The molecule has 2 aliphatic carbocycles. The van der Waals surface area contributed by atoms with E-state index < -0.39 is 40.9 Å². The van der Waals surface area contributed by atoms with Gasteiger partial charge in [0.15, 0.2) is 17.3 Å². The van der Waals surface area contributed by atoms with Crippen molar-refractivity contribution in [3.05, 3.63) is 60.2 Å². The van der Waals surface area contributed by atoms with Crippen LogP contribution in [0.25, 0.3) is 0 Å². The molecule has 1 unspecified atom stereocenters. The largest absolute Gasteiger partial charge is 0.344 e. The summed E-state index contributed by atoms with van der Waals surface area (Å²) in [5.74, 6) is -3.39. The Morgan fingerprint density at radius 2 is 1.61 bits per heavy atom. The first-order valence-electron chi connectivity index (χ1n) is 20.3. The van der Waals surface area contributed by atoms with Gasteiger partial charge in [0.1, 0.15) is 11.7 Å². The van der Waals surface area contributed by atoms with E-state index in [1.807, 2.05) is 65.0 Å². The minimum Gasteiger partial charge on any atom is -0.344 e. The van der Waals surface area contributed by atoms with Crippen LogP contribution >= 0.6 is 0 Å². The third-order valence-corrected chi connectivity index (χ3v) is 12.3. The van der Waals surface area contributed by atoms with Gasteiger partial charge in [-0.1, -0.05) is 97.1 Å². The standard InChI is InChI=1S/C44H60N4O6/c1-6-14-31(40(52)38(51)23-28(2)29-15-9-7-10-16-29)24-37(50)39-33-20-13-19-32(33)27-48(39)43(54)41(44(3,4)5)47-42(53)34(30-17-11-8-12-18-30)25-36(49)35-26-45-21-22-46-35/h7,9-10,15-16,21-22,26,28,30-34,39,41H,6,8,11-14,17-20,23-25,27H2,1-5H3,(H,47,53)/t28-,31-,32?,33-,34+,39-,41+/m0/s1. The summed E-state index contributed by atoms with van der Waals surface area (Å²) in [6.07, 6.45) is 12.8. The number of hydrogen-bond donors (Lipinski definition) is 1. The van der Waals surface area contributed by atoms with E-state index in [0.717, 1.165) is 56.9 Å². The topological polar surface area (TPSA) is 143 Å². The van der Waals surface area contributed by atoms with Crippen LogP contribution in [0.2, 0.25) is 0 Å². The number of ketones is 4. The van der Waals surface area contributed by atoms with Gasteiger partial charge in [-0.25, -0.2) is 4.98 Å². The van der Waals surface area contributed by atoms with E-state index in [0.29, 0.717) is 19.4 Å². The van der Waals surface area contributed by atoms with Crippen LogP contribution in [0.1, 0.15) is 140 Å². The fourth-order valence-corrected chi connectivity index (χ4v) is 9.31. The first kappa shape index (κ1) is 41.1. The summed E-state index contributed by atoms with van der Waals surface area (Å²) in [6, 6.07) is 7.97. The van der Waals surface area contributed by atoms with Gasteiger partial charge in [-0.15, -0.1) is 0 Å². The molecular weight excluding hydrogens is 681 g/mol. The molecule has 5 rings (SSSR count). The predicted molar refractivity (Wildman–Crippen MR) is 206 cm³/mol. The molecule has 3 fully saturated rings. The summed E-state index contributed by atoms with van der Waals surface area (Å²) in [6.45, 7) is 10.0. The van der Waals surface area contributed by atoms with Crippen molar-refractivity contribution in [2.45, 2.75) is 136 Å². The lowest BCUT2D eigenvalue weighted by Gasteiger charge is -2.38. The van der Waals surface area contributed by atoms with E-state index in [4.69, 9.17) is 0 Å². The van der Waals surface area contributed by atoms with E-state index in [2.05, 4.69) is 15.3 Å². The number of nitrogens with zero attached hydrogens (tertiary/aromatic N) is 3. The third kappa shape index (κ3) is 9.96. The molecule has 2 heterocycles. The smallest absolute Gasteiger partial charge is 0.246 e. The summed E-state index contributed by atoms with van der Waals surface area (Å²) >= 11 is 0. The van der Waals surface area contributed by atoms with Crippen molar-refractivity contribution >= 4 is 34.9 Å². The molecule has 2 amide bonds. The van der Waals surface area contributed by atoms with Gasteiger partial charge in [-0.3, -0.25) is 33.8 Å². The molecule has 2 aromatic rings. The Morgan fingerprint density at radius 1 is 0.889 bits per heavy atom. The summed E-state index contributed by atoms with van der Waals surface area (Å²) in [5, 5.41) is 3.11. The van der Waals surface area contributed by atoms with Gasteiger partial charge >= 0.3 is 0 Å². The van der Waals surface area contributed by atoms with E-state index in [-0.39, 0.29) is 72.0 Å². The average molecular weight is 741 g/mol. The van der Waals surface area contributed by atoms with Gasteiger partial charge in [-0.05, 0) is 66.8 Å². The second-order valence-electron chi connectivity index (χ2n) is 17.3. The van der Waals surface area contributed by atoms with Crippen LogP contribution in [0.3, 0.4) is 0 Å². The summed E-state index contributed by atoms with van der Waals surface area (Å²) < 4.78 is 0. The highest BCUT2D eigenvalue weighted by atomic mass is 16.2. The van der Waals surface area contributed by atoms with Crippen molar-refractivity contribution in [2.24, 2.45) is 35.0 Å². The van der Waals surface area contributed by atoms with Crippen molar-refractivity contribution in [3.63, 3.8) is 0 Å². The molecule has 1 aromatic heterocycles. The molecule has 292 valence electrons. The Labute approximate surface area is 321 Å². The maximum absolute atomic E-state index is 14.8. The van der Waals surface area contributed by atoms with Gasteiger partial charge in [-0.2, -0.15) is 0 Å². The maximum atomic E-state index is 14.8. The number of rotatable bonds is 17. The molecule has 7 atom stereocenters. The number of fused-ring (bicyclic) bond motifs is 1. The molecule has 54 heavy (non-hydrogen) atoms. The molecule has 10 heteroatoms. The molecular formula is C44H60N4O6. The number of nitrogens with one attached hydrogen (secondary N) is 1. The lowest BCUT2D eigenvalue weighted by molar-refractivity contribution is -0.146. The second-order valence-corrected chi connectivity index (χ2v) is 17.3. The van der Waals surface area contributed by atoms with Crippen molar-refractivity contribution in [1.82, 2.24) is 20.2 Å². The van der Waals surface area contributed by atoms with E-state index >= 15 is 0 Å². The lowest BCUT2D eigenvalue weighted by atomic mass is 9.76. The number of aromatic nitrogens is 2. The highest BCUT2D eigenvalue weighted by Crippen LogP contribution is 2.44. The molecule has 0 bridgehead atoms. The quantitative estimate of drug-likeness (QED) is 0.134.